The van der Waals surface area contributed by atoms with E-state index in [1.54, 1.807) is 6.07 Å². The van der Waals surface area contributed by atoms with Gasteiger partial charge in [-0.05, 0) is 24.6 Å². The molecule has 0 saturated carbocycles. The van der Waals surface area contributed by atoms with Crippen molar-refractivity contribution in [1.82, 2.24) is 0 Å². The maximum atomic E-state index is 9.38. The summed E-state index contributed by atoms with van der Waals surface area (Å²) < 4.78 is 0. The van der Waals surface area contributed by atoms with Gasteiger partial charge in [-0.3, -0.25) is 6.08 Å². The molecule has 24 heavy (non-hydrogen) atoms. The van der Waals surface area contributed by atoms with Gasteiger partial charge in [-0.1, -0.05) is 50.5 Å². The van der Waals surface area contributed by atoms with Crippen molar-refractivity contribution in [1.29, 1.82) is 0 Å². The van der Waals surface area contributed by atoms with Gasteiger partial charge >= 0.3 is 0 Å². The van der Waals surface area contributed by atoms with E-state index in [1.807, 2.05) is 13.0 Å². The summed E-state index contributed by atoms with van der Waals surface area (Å²) in [5, 5.41) is 12.2. The first kappa shape index (κ1) is 29.0. The predicted octanol–water partition coefficient (Wildman–Crippen LogP) is 5.64. The van der Waals surface area contributed by atoms with E-state index in [2.05, 4.69) is 63.6 Å². The van der Waals surface area contributed by atoms with E-state index < -0.39 is 16.1 Å². The van der Waals surface area contributed by atoms with Gasteiger partial charge in [-0.25, -0.2) is 11.3 Å². The molecule has 0 saturated heterocycles. The van der Waals surface area contributed by atoms with E-state index in [4.69, 9.17) is 0 Å². The van der Waals surface area contributed by atoms with Crippen molar-refractivity contribution in [2.75, 3.05) is 0 Å². The standard InChI is InChI=1S/C10H16OSi.C8H13Si.2ClH.Ti/c1-8-5-9(11)7-10(6-8)12(2,3)4;1-9(2,3)8-6-4-5-7-8;;;/h5-7,11H,1-4H3;4,6H,5H2,1-3H3;2*1H;/q;-1;;;. The Hall–Kier alpha value is 0.228. The van der Waals surface area contributed by atoms with Gasteiger partial charge in [0.15, 0.2) is 0 Å². The third-order valence-electron chi connectivity index (χ3n) is 3.43. The summed E-state index contributed by atoms with van der Waals surface area (Å²) in [4.78, 5) is 0. The minimum absolute atomic E-state index is 0. The molecule has 1 nitrogen and oxygen atoms in total. The molecule has 0 aliphatic heterocycles. The zero-order valence-electron chi connectivity index (χ0n) is 15.9. The van der Waals surface area contributed by atoms with Gasteiger partial charge < -0.3 is 5.11 Å². The number of benzene rings is 1. The van der Waals surface area contributed by atoms with Crippen molar-refractivity contribution < 1.29 is 26.8 Å². The molecule has 1 aromatic rings. The van der Waals surface area contributed by atoms with Gasteiger partial charge in [0.2, 0.25) is 0 Å². The Balaban J connectivity index is -0.000000336. The van der Waals surface area contributed by atoms with E-state index in [1.165, 1.54) is 10.4 Å². The monoisotopic (exact) mass is 437 g/mol. The number of phenols is 1. The topological polar surface area (TPSA) is 20.2 Å². The molecule has 6 heteroatoms. The number of rotatable bonds is 2. The largest absolute Gasteiger partial charge is 0.508 e. The van der Waals surface area contributed by atoms with Crippen LogP contribution in [0.5, 0.6) is 5.75 Å². The second kappa shape index (κ2) is 11.8. The van der Waals surface area contributed by atoms with Crippen LogP contribution >= 0.6 is 24.8 Å². The van der Waals surface area contributed by atoms with Crippen molar-refractivity contribution in [2.24, 2.45) is 0 Å². The zero-order valence-corrected chi connectivity index (χ0v) is 21.1. The Morgan fingerprint density at radius 1 is 0.917 bits per heavy atom. The molecule has 1 aliphatic carbocycles. The van der Waals surface area contributed by atoms with E-state index in [0.717, 1.165) is 12.0 Å². The Morgan fingerprint density at radius 2 is 1.46 bits per heavy atom. The van der Waals surface area contributed by atoms with Gasteiger partial charge in [0, 0.05) is 29.8 Å². The van der Waals surface area contributed by atoms with Crippen LogP contribution in [0.15, 0.2) is 35.5 Å². The molecule has 0 fully saturated rings. The number of allylic oxidation sites excluding steroid dienone is 4. The summed E-state index contributed by atoms with van der Waals surface area (Å²) in [6.45, 7) is 15.9. The molecule has 1 aromatic carbocycles. The molecular weight excluding hydrogens is 407 g/mol. The van der Waals surface area contributed by atoms with Crippen LogP contribution in [-0.2, 0) is 21.7 Å². The number of hydrogen-bond donors (Lipinski definition) is 1. The van der Waals surface area contributed by atoms with Gasteiger partial charge in [0.1, 0.15) is 5.75 Å². The fourth-order valence-corrected chi connectivity index (χ4v) is 4.61. The van der Waals surface area contributed by atoms with Gasteiger partial charge in [0.25, 0.3) is 0 Å². The Kier molecular flexibility index (Phi) is 14.2. The van der Waals surface area contributed by atoms with E-state index in [9.17, 15) is 5.11 Å². The van der Waals surface area contributed by atoms with Crippen molar-refractivity contribution in [3.8, 4) is 5.75 Å². The summed E-state index contributed by atoms with van der Waals surface area (Å²) in [6.07, 6.45) is 8.82. The minimum Gasteiger partial charge on any atom is -0.508 e. The van der Waals surface area contributed by atoms with Crippen LogP contribution in [0.4, 0.5) is 0 Å². The third kappa shape index (κ3) is 10.3. The first-order chi connectivity index (χ1) is 9.50. The van der Waals surface area contributed by atoms with E-state index >= 15 is 0 Å². The number of phenolic OH excluding ortho intramolecular Hbond substituents is 1. The van der Waals surface area contributed by atoms with Crippen molar-refractivity contribution in [2.45, 2.75) is 52.6 Å². The molecule has 0 radical (unpaired) electrons. The minimum atomic E-state index is -1.26. The Bertz CT molecular complexity index is 539. The van der Waals surface area contributed by atoms with Crippen LogP contribution in [0.1, 0.15) is 12.0 Å². The van der Waals surface area contributed by atoms with Crippen molar-refractivity contribution >= 4 is 46.1 Å². The summed E-state index contributed by atoms with van der Waals surface area (Å²) in [7, 11) is -2.26. The molecule has 0 aromatic heterocycles. The molecule has 0 amide bonds. The summed E-state index contributed by atoms with van der Waals surface area (Å²) in [5.41, 5.74) is 1.15. The fourth-order valence-electron chi connectivity index (χ4n) is 2.12. The van der Waals surface area contributed by atoms with Crippen LogP contribution in [-0.4, -0.2) is 21.3 Å². The smallest absolute Gasteiger partial charge is 0.115 e. The second-order valence-electron chi connectivity index (χ2n) is 7.75. The predicted molar refractivity (Wildman–Crippen MR) is 114 cm³/mol. The van der Waals surface area contributed by atoms with Crippen LogP contribution in [0.2, 0.25) is 39.3 Å². The second-order valence-corrected chi connectivity index (χ2v) is 17.9. The SMILES string of the molecule is C[Si](C)(C)C1=[C-]CC=C1.Cc1cc(O)cc([Si](C)(C)C)c1.Cl.Cl.[Ti]. The maximum absolute atomic E-state index is 9.38. The molecule has 0 atom stereocenters. The summed E-state index contributed by atoms with van der Waals surface area (Å²) in [5.74, 6) is 0.396. The van der Waals surface area contributed by atoms with Crippen LogP contribution in [0, 0.1) is 13.0 Å². The number of hydrogen-bond acceptors (Lipinski definition) is 1. The Morgan fingerprint density at radius 3 is 1.75 bits per heavy atom. The van der Waals surface area contributed by atoms with Gasteiger partial charge in [-0.2, -0.15) is 6.08 Å². The van der Waals surface area contributed by atoms with Crippen LogP contribution in [0.25, 0.3) is 0 Å². The molecule has 0 unspecified atom stereocenters. The molecule has 1 aliphatic rings. The van der Waals surface area contributed by atoms with Gasteiger partial charge in [0.05, 0.1) is 8.07 Å². The maximum Gasteiger partial charge on any atom is 0.115 e. The normalized spacial score (nSPS) is 12.7. The average molecular weight is 438 g/mol. The molecule has 2 rings (SSSR count). The van der Waals surface area contributed by atoms with Crippen LogP contribution < -0.4 is 5.19 Å². The van der Waals surface area contributed by atoms with Crippen molar-refractivity contribution in [3.63, 3.8) is 0 Å². The van der Waals surface area contributed by atoms with E-state index in [-0.39, 0.29) is 46.5 Å². The molecular formula is C18H31Cl2OSi2Ti-. The molecule has 0 heterocycles. The third-order valence-corrected chi connectivity index (χ3v) is 7.41. The number of aromatic hydroxyl groups is 1. The number of halogens is 2. The molecule has 0 bridgehead atoms. The van der Waals surface area contributed by atoms with Crippen LogP contribution in [0.3, 0.4) is 0 Å². The quantitative estimate of drug-likeness (QED) is 0.468. The molecule has 0 spiro atoms. The first-order valence-corrected chi connectivity index (χ1v) is 14.6. The fraction of sp³-hybridized carbons (Fsp3) is 0.444. The summed E-state index contributed by atoms with van der Waals surface area (Å²) >= 11 is 0. The first-order valence-electron chi connectivity index (χ1n) is 7.59. The average Bonchev–Trinajstić information content (AvgIpc) is 2.79. The Labute approximate surface area is 177 Å². The number of aryl methyl sites for hydroxylation is 1. The van der Waals surface area contributed by atoms with Crippen molar-refractivity contribution in [3.05, 3.63) is 47.2 Å². The van der Waals surface area contributed by atoms with E-state index in [0.29, 0.717) is 5.75 Å². The van der Waals surface area contributed by atoms with Gasteiger partial charge in [-0.15, -0.1) is 31.2 Å². The molecule has 136 valence electrons. The zero-order chi connectivity index (χ0) is 16.3. The molecule has 1 N–H and O–H groups in total. The summed E-state index contributed by atoms with van der Waals surface area (Å²) in [6, 6.07) is 5.86.